The molecule has 19 heavy (non-hydrogen) atoms. The van der Waals surface area contributed by atoms with Crippen molar-refractivity contribution in [3.63, 3.8) is 0 Å². The number of aromatic carboxylic acids is 1. The summed E-state index contributed by atoms with van der Waals surface area (Å²) in [4.78, 5) is 23.2. The third-order valence-corrected chi connectivity index (χ3v) is 3.89. The molecule has 6 heteroatoms. The summed E-state index contributed by atoms with van der Waals surface area (Å²) in [6, 6.07) is 8.19. The molecule has 0 radical (unpaired) electrons. The molecule has 1 heterocycles. The molecule has 2 rings (SSSR count). The molecular formula is C13H10ClNO3S. The highest BCUT2D eigenvalue weighted by Crippen LogP contribution is 2.26. The van der Waals surface area contributed by atoms with Crippen molar-refractivity contribution in [2.75, 3.05) is 5.32 Å². The Balaban J connectivity index is 2.23. The molecule has 1 amide bonds. The number of anilines is 1. The molecule has 1 aromatic carbocycles. The Labute approximate surface area is 118 Å². The summed E-state index contributed by atoms with van der Waals surface area (Å²) >= 11 is 6.94. The van der Waals surface area contributed by atoms with E-state index in [-0.39, 0.29) is 10.8 Å². The first-order valence-corrected chi connectivity index (χ1v) is 6.58. The van der Waals surface area contributed by atoms with E-state index in [2.05, 4.69) is 5.32 Å². The van der Waals surface area contributed by atoms with Gasteiger partial charge in [0, 0.05) is 0 Å². The molecule has 2 N–H and O–H groups in total. The van der Waals surface area contributed by atoms with E-state index >= 15 is 0 Å². The van der Waals surface area contributed by atoms with Gasteiger partial charge in [-0.1, -0.05) is 23.7 Å². The molecule has 0 saturated heterocycles. The number of carboxylic acid groups (broad SMARTS) is 1. The van der Waals surface area contributed by atoms with Gasteiger partial charge in [0.05, 0.1) is 15.6 Å². The van der Waals surface area contributed by atoms with E-state index in [9.17, 15) is 9.59 Å². The number of carbonyl (C=O) groups excluding carboxylic acids is 1. The standard InChI is InChI=1S/C13H10ClNO3S/c1-7-3-2-4-8(14)11(7)15-12(16)9-5-6-10(19-9)13(17)18/h2-6H,1H3,(H,15,16)(H,17,18). The molecule has 0 aliphatic carbocycles. The predicted molar refractivity (Wildman–Crippen MR) is 75.4 cm³/mol. The van der Waals surface area contributed by atoms with Gasteiger partial charge in [-0.05, 0) is 30.7 Å². The van der Waals surface area contributed by atoms with Crippen LogP contribution < -0.4 is 5.32 Å². The molecule has 0 fully saturated rings. The molecule has 98 valence electrons. The summed E-state index contributed by atoms with van der Waals surface area (Å²) in [6.45, 7) is 1.83. The van der Waals surface area contributed by atoms with E-state index in [1.165, 1.54) is 12.1 Å². The van der Waals surface area contributed by atoms with Gasteiger partial charge in [-0.2, -0.15) is 0 Å². The van der Waals surface area contributed by atoms with Crippen LogP contribution in [0.25, 0.3) is 0 Å². The number of carboxylic acids is 1. The zero-order chi connectivity index (χ0) is 14.0. The lowest BCUT2D eigenvalue weighted by Crippen LogP contribution is -2.11. The van der Waals surface area contributed by atoms with Crippen molar-refractivity contribution >= 4 is 40.5 Å². The van der Waals surface area contributed by atoms with Crippen LogP contribution in [0.3, 0.4) is 0 Å². The zero-order valence-electron chi connectivity index (χ0n) is 9.94. The van der Waals surface area contributed by atoms with Crippen LogP contribution >= 0.6 is 22.9 Å². The van der Waals surface area contributed by atoms with Crippen molar-refractivity contribution in [3.8, 4) is 0 Å². The molecule has 0 aliphatic heterocycles. The van der Waals surface area contributed by atoms with E-state index in [0.717, 1.165) is 16.9 Å². The van der Waals surface area contributed by atoms with E-state index in [4.69, 9.17) is 16.7 Å². The van der Waals surface area contributed by atoms with Gasteiger partial charge in [-0.25, -0.2) is 4.79 Å². The summed E-state index contributed by atoms with van der Waals surface area (Å²) < 4.78 is 0. The average Bonchev–Trinajstić information content (AvgIpc) is 2.83. The van der Waals surface area contributed by atoms with Crippen LogP contribution in [0, 0.1) is 6.92 Å². The lowest BCUT2D eigenvalue weighted by molar-refractivity contribution is 0.0702. The van der Waals surface area contributed by atoms with E-state index in [1.54, 1.807) is 12.1 Å². The molecule has 2 aromatic rings. The molecule has 0 aliphatic rings. The smallest absolute Gasteiger partial charge is 0.345 e. The second kappa shape index (κ2) is 5.42. The number of rotatable bonds is 3. The first kappa shape index (κ1) is 13.6. The van der Waals surface area contributed by atoms with Gasteiger partial charge < -0.3 is 10.4 Å². The molecule has 0 spiro atoms. The number of hydrogen-bond acceptors (Lipinski definition) is 3. The van der Waals surface area contributed by atoms with Gasteiger partial charge in [0.15, 0.2) is 0 Å². The van der Waals surface area contributed by atoms with Crippen LogP contribution in [0.5, 0.6) is 0 Å². The zero-order valence-corrected chi connectivity index (χ0v) is 11.5. The van der Waals surface area contributed by atoms with Gasteiger partial charge >= 0.3 is 5.97 Å². The number of para-hydroxylation sites is 1. The first-order valence-electron chi connectivity index (χ1n) is 5.38. The van der Waals surface area contributed by atoms with Gasteiger partial charge in [0.1, 0.15) is 4.88 Å². The van der Waals surface area contributed by atoms with Crippen molar-refractivity contribution in [1.82, 2.24) is 0 Å². The Hall–Kier alpha value is -1.85. The minimum atomic E-state index is -1.04. The molecule has 0 atom stereocenters. The van der Waals surface area contributed by atoms with Crippen molar-refractivity contribution in [2.24, 2.45) is 0 Å². The van der Waals surface area contributed by atoms with Crippen LogP contribution in [0.2, 0.25) is 5.02 Å². The number of carbonyl (C=O) groups is 2. The summed E-state index contributed by atoms with van der Waals surface area (Å²) in [5.41, 5.74) is 1.38. The number of benzene rings is 1. The van der Waals surface area contributed by atoms with Crippen LogP contribution in [-0.4, -0.2) is 17.0 Å². The normalized spacial score (nSPS) is 10.2. The largest absolute Gasteiger partial charge is 0.477 e. The first-order chi connectivity index (χ1) is 8.99. The third kappa shape index (κ3) is 2.94. The highest BCUT2D eigenvalue weighted by Gasteiger charge is 2.14. The number of hydrogen-bond donors (Lipinski definition) is 2. The number of halogens is 1. The fourth-order valence-corrected chi connectivity index (χ4v) is 2.55. The maximum atomic E-state index is 12.0. The van der Waals surface area contributed by atoms with Crippen LogP contribution in [0.15, 0.2) is 30.3 Å². The highest BCUT2D eigenvalue weighted by atomic mass is 35.5. The maximum absolute atomic E-state index is 12.0. The van der Waals surface area contributed by atoms with Crippen molar-refractivity contribution in [3.05, 3.63) is 50.7 Å². The van der Waals surface area contributed by atoms with Crippen LogP contribution in [0.4, 0.5) is 5.69 Å². The van der Waals surface area contributed by atoms with E-state index in [1.807, 2.05) is 13.0 Å². The third-order valence-electron chi connectivity index (χ3n) is 2.50. The van der Waals surface area contributed by atoms with Crippen LogP contribution in [0.1, 0.15) is 24.9 Å². The van der Waals surface area contributed by atoms with Gasteiger partial charge in [-0.3, -0.25) is 4.79 Å². The van der Waals surface area contributed by atoms with E-state index in [0.29, 0.717) is 15.6 Å². The highest BCUT2D eigenvalue weighted by molar-refractivity contribution is 7.16. The molecule has 0 bridgehead atoms. The lowest BCUT2D eigenvalue weighted by Gasteiger charge is -2.08. The monoisotopic (exact) mass is 295 g/mol. The van der Waals surface area contributed by atoms with E-state index < -0.39 is 5.97 Å². The minimum absolute atomic E-state index is 0.126. The van der Waals surface area contributed by atoms with Crippen molar-refractivity contribution in [1.29, 1.82) is 0 Å². The molecule has 0 saturated carbocycles. The minimum Gasteiger partial charge on any atom is -0.477 e. The Morgan fingerprint density at radius 3 is 2.47 bits per heavy atom. The average molecular weight is 296 g/mol. The maximum Gasteiger partial charge on any atom is 0.345 e. The van der Waals surface area contributed by atoms with Crippen LogP contribution in [-0.2, 0) is 0 Å². The number of thiophene rings is 1. The molecule has 0 unspecified atom stereocenters. The molecular weight excluding hydrogens is 286 g/mol. The summed E-state index contributed by atoms with van der Waals surface area (Å²) in [5, 5.41) is 12.0. The fraction of sp³-hybridized carbons (Fsp3) is 0.0769. The Bertz CT molecular complexity index is 631. The molecule has 1 aromatic heterocycles. The number of amides is 1. The molecule has 4 nitrogen and oxygen atoms in total. The van der Waals surface area contributed by atoms with Crippen molar-refractivity contribution in [2.45, 2.75) is 6.92 Å². The summed E-state index contributed by atoms with van der Waals surface area (Å²) in [5.74, 6) is -1.41. The SMILES string of the molecule is Cc1cccc(Cl)c1NC(=O)c1ccc(C(=O)O)s1. The second-order valence-corrected chi connectivity index (χ2v) is 5.35. The second-order valence-electron chi connectivity index (χ2n) is 3.85. The van der Waals surface area contributed by atoms with Gasteiger partial charge in [0.25, 0.3) is 5.91 Å². The summed E-state index contributed by atoms with van der Waals surface area (Å²) in [7, 11) is 0. The number of nitrogens with one attached hydrogen (secondary N) is 1. The predicted octanol–water partition coefficient (Wildman–Crippen LogP) is 3.66. The Kier molecular flexibility index (Phi) is 3.87. The Morgan fingerprint density at radius 2 is 1.89 bits per heavy atom. The van der Waals surface area contributed by atoms with Crippen molar-refractivity contribution < 1.29 is 14.7 Å². The quantitative estimate of drug-likeness (QED) is 0.908. The fourth-order valence-electron chi connectivity index (χ4n) is 1.54. The Morgan fingerprint density at radius 1 is 1.21 bits per heavy atom. The van der Waals surface area contributed by atoms with Gasteiger partial charge in [-0.15, -0.1) is 11.3 Å². The summed E-state index contributed by atoms with van der Waals surface area (Å²) in [6.07, 6.45) is 0. The lowest BCUT2D eigenvalue weighted by atomic mass is 10.2. The topological polar surface area (TPSA) is 66.4 Å². The van der Waals surface area contributed by atoms with Gasteiger partial charge in [0.2, 0.25) is 0 Å². The number of aryl methyl sites for hydroxylation is 1.